The van der Waals surface area contributed by atoms with Crippen molar-refractivity contribution < 1.29 is 27.5 Å². The maximum absolute atomic E-state index is 12.6. The van der Waals surface area contributed by atoms with Crippen molar-refractivity contribution in [2.24, 2.45) is 5.14 Å². The monoisotopic (exact) mass is 428 g/mol. The van der Waals surface area contributed by atoms with Crippen LogP contribution in [-0.2, 0) is 19.6 Å². The van der Waals surface area contributed by atoms with Crippen molar-refractivity contribution in [3.05, 3.63) is 66.2 Å². The number of methoxy groups -OCH3 is 1. The highest BCUT2D eigenvalue weighted by atomic mass is 32.2. The summed E-state index contributed by atoms with van der Waals surface area (Å²) in [5.41, 5.74) is 0.534. The van der Waals surface area contributed by atoms with Crippen molar-refractivity contribution in [2.45, 2.75) is 17.9 Å². The van der Waals surface area contributed by atoms with Gasteiger partial charge in [0.05, 0.1) is 12.0 Å². The molecule has 1 amide bonds. The second-order valence-corrected chi connectivity index (χ2v) is 8.07. The second kappa shape index (κ2) is 8.52. The molecule has 156 valence electrons. The number of fused-ring (bicyclic) bond motifs is 1. The van der Waals surface area contributed by atoms with Crippen molar-refractivity contribution in [2.75, 3.05) is 12.4 Å². The van der Waals surface area contributed by atoms with Crippen molar-refractivity contribution in [3.8, 4) is 5.75 Å². The van der Waals surface area contributed by atoms with Crippen molar-refractivity contribution in [3.63, 3.8) is 0 Å². The Hall–Kier alpha value is -3.43. The van der Waals surface area contributed by atoms with Crippen molar-refractivity contribution in [1.82, 2.24) is 0 Å². The lowest BCUT2D eigenvalue weighted by Gasteiger charge is -2.15. The van der Waals surface area contributed by atoms with E-state index < -0.39 is 28.0 Å². The third kappa shape index (κ3) is 4.76. The van der Waals surface area contributed by atoms with Crippen LogP contribution in [0.4, 0.5) is 5.69 Å². The zero-order valence-electron chi connectivity index (χ0n) is 16.3. The Morgan fingerprint density at radius 3 is 2.17 bits per heavy atom. The van der Waals surface area contributed by atoms with Crippen LogP contribution in [0.5, 0.6) is 5.75 Å². The number of carbonyl (C=O) groups is 2. The molecule has 0 saturated heterocycles. The lowest BCUT2D eigenvalue weighted by atomic mass is 10.1. The van der Waals surface area contributed by atoms with E-state index in [1.165, 1.54) is 38.3 Å². The van der Waals surface area contributed by atoms with Crippen LogP contribution in [0.2, 0.25) is 0 Å². The van der Waals surface area contributed by atoms with Gasteiger partial charge < -0.3 is 14.8 Å². The average molecular weight is 428 g/mol. The van der Waals surface area contributed by atoms with Crippen LogP contribution >= 0.6 is 0 Å². The maximum atomic E-state index is 12.6. The second-order valence-electron chi connectivity index (χ2n) is 6.51. The average Bonchev–Trinajstić information content (AvgIpc) is 2.72. The summed E-state index contributed by atoms with van der Waals surface area (Å²) in [4.78, 5) is 24.9. The number of rotatable bonds is 6. The Morgan fingerprint density at radius 2 is 1.60 bits per heavy atom. The summed E-state index contributed by atoms with van der Waals surface area (Å²) in [5.74, 6) is -0.943. The van der Waals surface area contributed by atoms with Crippen molar-refractivity contribution in [1.29, 1.82) is 0 Å². The molecular weight excluding hydrogens is 408 g/mol. The topological polar surface area (TPSA) is 125 Å². The lowest BCUT2D eigenvalue weighted by molar-refractivity contribution is -0.123. The van der Waals surface area contributed by atoms with Crippen LogP contribution in [-0.4, -0.2) is 33.5 Å². The van der Waals surface area contributed by atoms with E-state index in [4.69, 9.17) is 14.6 Å². The number of primary sulfonamides is 1. The zero-order chi connectivity index (χ0) is 21.9. The van der Waals surface area contributed by atoms with Crippen LogP contribution in [0.15, 0.2) is 65.6 Å². The van der Waals surface area contributed by atoms with Crippen LogP contribution in [0, 0.1) is 0 Å². The fraction of sp³-hybridized carbons (Fsp3) is 0.143. The van der Waals surface area contributed by atoms with E-state index in [0.717, 1.165) is 10.8 Å². The number of nitrogens with one attached hydrogen (secondary N) is 1. The van der Waals surface area contributed by atoms with Gasteiger partial charge in [-0.1, -0.05) is 24.3 Å². The minimum Gasteiger partial charge on any atom is -0.496 e. The molecule has 1 unspecified atom stereocenters. The molecular formula is C21H20N2O6S. The molecule has 0 aliphatic rings. The SMILES string of the molecule is COc1cc2ccccc2cc1C(=O)OC(C)C(=O)Nc1ccc(S(N)(=O)=O)cc1. The predicted octanol–water partition coefficient (Wildman–Crippen LogP) is 2.68. The summed E-state index contributed by atoms with van der Waals surface area (Å²) < 4.78 is 33.2. The summed E-state index contributed by atoms with van der Waals surface area (Å²) in [7, 11) is -2.38. The van der Waals surface area contributed by atoms with E-state index in [1.54, 1.807) is 12.1 Å². The van der Waals surface area contributed by atoms with E-state index in [-0.39, 0.29) is 10.5 Å². The van der Waals surface area contributed by atoms with E-state index in [0.29, 0.717) is 11.4 Å². The van der Waals surface area contributed by atoms with Gasteiger partial charge in [0.25, 0.3) is 5.91 Å². The first-order valence-electron chi connectivity index (χ1n) is 8.90. The number of carbonyl (C=O) groups excluding carboxylic acids is 2. The summed E-state index contributed by atoms with van der Waals surface area (Å²) in [6.45, 7) is 1.43. The molecule has 0 heterocycles. The molecule has 0 aromatic heterocycles. The van der Waals surface area contributed by atoms with E-state index in [1.807, 2.05) is 24.3 Å². The zero-order valence-corrected chi connectivity index (χ0v) is 17.1. The van der Waals surface area contributed by atoms with Crippen LogP contribution in [0.3, 0.4) is 0 Å². The molecule has 1 atom stereocenters. The van der Waals surface area contributed by atoms with Crippen LogP contribution < -0.4 is 15.2 Å². The number of amides is 1. The Morgan fingerprint density at radius 1 is 1.00 bits per heavy atom. The van der Waals surface area contributed by atoms with Gasteiger partial charge >= 0.3 is 5.97 Å². The van der Waals surface area contributed by atoms with Gasteiger partial charge in [0.2, 0.25) is 10.0 Å². The Kier molecular flexibility index (Phi) is 6.04. The largest absolute Gasteiger partial charge is 0.496 e. The third-order valence-electron chi connectivity index (χ3n) is 4.39. The molecule has 0 radical (unpaired) electrons. The normalized spacial score (nSPS) is 12.2. The highest BCUT2D eigenvalue weighted by molar-refractivity contribution is 7.89. The highest BCUT2D eigenvalue weighted by Gasteiger charge is 2.22. The first-order chi connectivity index (χ1) is 14.2. The molecule has 30 heavy (non-hydrogen) atoms. The number of hydrogen-bond donors (Lipinski definition) is 2. The minimum atomic E-state index is -3.83. The van der Waals surface area contributed by atoms with E-state index in [2.05, 4.69) is 5.32 Å². The molecule has 0 fully saturated rings. The summed E-state index contributed by atoms with van der Waals surface area (Å²) in [6, 6.07) is 16.1. The number of anilines is 1. The molecule has 0 saturated carbocycles. The Labute approximate surface area is 173 Å². The molecule has 3 rings (SSSR count). The molecule has 8 nitrogen and oxygen atoms in total. The number of nitrogens with two attached hydrogens (primary N) is 1. The van der Waals surface area contributed by atoms with Gasteiger partial charge in [0, 0.05) is 5.69 Å². The molecule has 3 aromatic carbocycles. The molecule has 3 aromatic rings. The number of esters is 1. The van der Waals surface area contributed by atoms with Crippen molar-refractivity contribution >= 4 is 38.4 Å². The van der Waals surface area contributed by atoms with Gasteiger partial charge in [-0.3, -0.25) is 4.79 Å². The molecule has 0 aliphatic heterocycles. The fourth-order valence-corrected chi connectivity index (χ4v) is 3.31. The van der Waals surface area contributed by atoms with Gasteiger partial charge in [0.1, 0.15) is 11.3 Å². The molecule has 9 heteroatoms. The minimum absolute atomic E-state index is 0.0802. The summed E-state index contributed by atoms with van der Waals surface area (Å²) >= 11 is 0. The smallest absolute Gasteiger partial charge is 0.342 e. The first-order valence-corrected chi connectivity index (χ1v) is 10.4. The fourth-order valence-electron chi connectivity index (χ4n) is 2.80. The standard InChI is InChI=1S/C21H20N2O6S/c1-13(20(24)23-16-7-9-17(10-8-16)30(22,26)27)29-21(25)18-11-14-5-3-4-6-15(14)12-19(18)28-2/h3-13H,1-2H3,(H,23,24)(H2,22,26,27). The van der Waals surface area contributed by atoms with Gasteiger partial charge in [-0.15, -0.1) is 0 Å². The summed E-state index contributed by atoms with van der Waals surface area (Å²) in [6.07, 6.45) is -1.11. The Balaban J connectivity index is 1.72. The predicted molar refractivity (Wildman–Crippen MR) is 112 cm³/mol. The van der Waals surface area contributed by atoms with Crippen LogP contribution in [0.1, 0.15) is 17.3 Å². The van der Waals surface area contributed by atoms with Crippen LogP contribution in [0.25, 0.3) is 10.8 Å². The molecule has 3 N–H and O–H groups in total. The first kappa shape index (κ1) is 21.3. The van der Waals surface area contributed by atoms with Gasteiger partial charge in [-0.05, 0) is 54.1 Å². The lowest BCUT2D eigenvalue weighted by Crippen LogP contribution is -2.30. The third-order valence-corrected chi connectivity index (χ3v) is 5.32. The highest BCUT2D eigenvalue weighted by Crippen LogP contribution is 2.27. The number of benzene rings is 3. The molecule has 0 aliphatic carbocycles. The quantitative estimate of drug-likeness (QED) is 0.582. The van der Waals surface area contributed by atoms with Gasteiger partial charge in [-0.2, -0.15) is 0 Å². The molecule has 0 bridgehead atoms. The van der Waals surface area contributed by atoms with E-state index >= 15 is 0 Å². The number of ether oxygens (including phenoxy) is 2. The molecule has 0 spiro atoms. The summed E-state index contributed by atoms with van der Waals surface area (Å²) in [5, 5.41) is 9.33. The van der Waals surface area contributed by atoms with Gasteiger partial charge in [0.15, 0.2) is 6.10 Å². The van der Waals surface area contributed by atoms with E-state index in [9.17, 15) is 18.0 Å². The Bertz CT molecular complexity index is 1210. The maximum Gasteiger partial charge on any atom is 0.342 e. The van der Waals surface area contributed by atoms with Gasteiger partial charge in [-0.25, -0.2) is 18.4 Å². The number of hydrogen-bond acceptors (Lipinski definition) is 6. The number of sulfonamides is 1.